The van der Waals surface area contributed by atoms with Gasteiger partial charge in [0.05, 0.1) is 6.61 Å². The van der Waals surface area contributed by atoms with E-state index in [-0.39, 0.29) is 5.97 Å². The summed E-state index contributed by atoms with van der Waals surface area (Å²) in [5.74, 6) is 0.631. The second kappa shape index (κ2) is 5.67. The molecule has 1 saturated heterocycles. The quantitative estimate of drug-likeness (QED) is 0.555. The van der Waals surface area contributed by atoms with Crippen molar-refractivity contribution in [2.45, 2.75) is 45.1 Å². The number of piperidine rings is 1. The Morgan fingerprint density at radius 3 is 2.88 bits per heavy atom. The summed E-state index contributed by atoms with van der Waals surface area (Å²) >= 11 is 0. The molecule has 0 radical (unpaired) electrons. The average molecular weight is 237 g/mol. The van der Waals surface area contributed by atoms with Gasteiger partial charge in [-0.3, -0.25) is 4.90 Å². The van der Waals surface area contributed by atoms with Crippen LogP contribution in [0.15, 0.2) is 12.2 Å². The fraction of sp³-hybridized carbons (Fsp3) is 0.786. The molecule has 1 saturated carbocycles. The number of hydrogen-bond acceptors (Lipinski definition) is 3. The van der Waals surface area contributed by atoms with Gasteiger partial charge in [-0.1, -0.05) is 13.0 Å². The molecule has 1 heterocycles. The Bertz CT molecular complexity index is 301. The molecule has 2 rings (SSSR count). The Morgan fingerprint density at radius 1 is 1.35 bits per heavy atom. The zero-order chi connectivity index (χ0) is 12.3. The predicted octanol–water partition coefficient (Wildman–Crippen LogP) is 2.37. The van der Waals surface area contributed by atoms with Crippen molar-refractivity contribution in [2.75, 3.05) is 19.7 Å². The van der Waals surface area contributed by atoms with E-state index >= 15 is 0 Å². The molecule has 3 heteroatoms. The number of rotatable bonds is 4. The zero-order valence-electron chi connectivity index (χ0n) is 10.8. The molecule has 0 aromatic carbocycles. The summed E-state index contributed by atoms with van der Waals surface area (Å²) in [4.78, 5) is 14.0. The number of carbonyl (C=O) groups excluding carboxylic acids is 1. The smallest absolute Gasteiger partial charge is 0.334 e. The van der Waals surface area contributed by atoms with Crippen LogP contribution in [0.4, 0.5) is 0 Å². The molecule has 0 spiro atoms. The highest BCUT2D eigenvalue weighted by Crippen LogP contribution is 2.36. The lowest BCUT2D eigenvalue weighted by molar-refractivity contribution is -0.138. The summed E-state index contributed by atoms with van der Waals surface area (Å²) < 4.78 is 4.99. The van der Waals surface area contributed by atoms with Crippen LogP contribution in [-0.2, 0) is 9.53 Å². The van der Waals surface area contributed by atoms with Gasteiger partial charge in [-0.05, 0) is 45.1 Å². The van der Waals surface area contributed by atoms with Gasteiger partial charge < -0.3 is 4.74 Å². The van der Waals surface area contributed by atoms with Crippen LogP contribution >= 0.6 is 0 Å². The van der Waals surface area contributed by atoms with Gasteiger partial charge in [0, 0.05) is 18.2 Å². The minimum atomic E-state index is -0.229. The first-order valence-corrected chi connectivity index (χ1v) is 6.81. The Hall–Kier alpha value is -0.830. The Labute approximate surface area is 104 Å². The number of ether oxygens (including phenoxy) is 1. The maximum atomic E-state index is 11.6. The molecule has 1 aliphatic carbocycles. The summed E-state index contributed by atoms with van der Waals surface area (Å²) in [5, 5.41) is 0. The van der Waals surface area contributed by atoms with Crippen LogP contribution in [0, 0.1) is 5.92 Å². The lowest BCUT2D eigenvalue weighted by Crippen LogP contribution is -2.44. The van der Waals surface area contributed by atoms with Gasteiger partial charge in [-0.15, -0.1) is 0 Å². The Balaban J connectivity index is 1.89. The van der Waals surface area contributed by atoms with E-state index in [4.69, 9.17) is 4.74 Å². The molecule has 0 N–H and O–H groups in total. The van der Waals surface area contributed by atoms with Gasteiger partial charge >= 0.3 is 5.97 Å². The van der Waals surface area contributed by atoms with Crippen molar-refractivity contribution in [1.29, 1.82) is 0 Å². The first-order chi connectivity index (χ1) is 8.22. The van der Waals surface area contributed by atoms with Crippen LogP contribution in [-0.4, -0.2) is 36.6 Å². The van der Waals surface area contributed by atoms with Crippen LogP contribution in [0.2, 0.25) is 0 Å². The van der Waals surface area contributed by atoms with Gasteiger partial charge in [-0.25, -0.2) is 4.79 Å². The third kappa shape index (κ3) is 2.89. The largest absolute Gasteiger partial charge is 0.463 e. The van der Waals surface area contributed by atoms with E-state index in [1.54, 1.807) is 0 Å². The average Bonchev–Trinajstić information content (AvgIpc) is 2.78. The number of carbonyl (C=O) groups is 1. The number of hydrogen-bond donors (Lipinski definition) is 0. The standard InChI is InChI=1S/C14H23NO2/c1-3-17-14(16)11(2)10-15-9-5-7-12-6-4-8-13(12)15/h12-13H,2-10H2,1H3. The van der Waals surface area contributed by atoms with E-state index in [1.807, 2.05) is 6.92 Å². The van der Waals surface area contributed by atoms with E-state index in [9.17, 15) is 4.79 Å². The zero-order valence-corrected chi connectivity index (χ0v) is 10.8. The molecule has 17 heavy (non-hydrogen) atoms. The number of fused-ring (bicyclic) bond motifs is 1. The SMILES string of the molecule is C=C(CN1CCCC2CCCC21)C(=O)OCC. The van der Waals surface area contributed by atoms with Gasteiger partial charge in [0.25, 0.3) is 0 Å². The predicted molar refractivity (Wildman–Crippen MR) is 67.7 cm³/mol. The molecule has 2 fully saturated rings. The van der Waals surface area contributed by atoms with E-state index in [0.717, 1.165) is 12.5 Å². The van der Waals surface area contributed by atoms with Crippen LogP contribution in [0.5, 0.6) is 0 Å². The molecule has 0 bridgehead atoms. The van der Waals surface area contributed by atoms with Crippen molar-refractivity contribution in [3.63, 3.8) is 0 Å². The van der Waals surface area contributed by atoms with Crippen molar-refractivity contribution in [1.82, 2.24) is 4.90 Å². The van der Waals surface area contributed by atoms with Crippen molar-refractivity contribution in [2.24, 2.45) is 5.92 Å². The minimum Gasteiger partial charge on any atom is -0.463 e. The summed E-state index contributed by atoms with van der Waals surface area (Å²) in [7, 11) is 0. The van der Waals surface area contributed by atoms with Crippen LogP contribution in [0.25, 0.3) is 0 Å². The first-order valence-electron chi connectivity index (χ1n) is 6.81. The second-order valence-corrected chi connectivity index (χ2v) is 5.20. The molecular formula is C14H23NO2. The molecule has 2 unspecified atom stereocenters. The fourth-order valence-corrected chi connectivity index (χ4v) is 3.30. The van der Waals surface area contributed by atoms with Gasteiger partial charge in [-0.2, -0.15) is 0 Å². The molecular weight excluding hydrogens is 214 g/mol. The molecule has 96 valence electrons. The molecule has 2 aliphatic rings. The number of nitrogens with zero attached hydrogens (tertiary/aromatic N) is 1. The molecule has 0 aromatic heterocycles. The lowest BCUT2D eigenvalue weighted by atomic mass is 9.91. The summed E-state index contributed by atoms with van der Waals surface area (Å²) in [6.07, 6.45) is 6.63. The van der Waals surface area contributed by atoms with Crippen molar-refractivity contribution in [3.8, 4) is 0 Å². The summed E-state index contributed by atoms with van der Waals surface area (Å²) in [6, 6.07) is 0.690. The Kier molecular flexibility index (Phi) is 4.21. The van der Waals surface area contributed by atoms with Crippen molar-refractivity contribution < 1.29 is 9.53 Å². The van der Waals surface area contributed by atoms with Crippen LogP contribution in [0.3, 0.4) is 0 Å². The maximum absolute atomic E-state index is 11.6. The highest BCUT2D eigenvalue weighted by Gasteiger charge is 2.35. The minimum absolute atomic E-state index is 0.229. The lowest BCUT2D eigenvalue weighted by Gasteiger charge is -2.37. The molecule has 2 atom stereocenters. The van der Waals surface area contributed by atoms with Crippen LogP contribution < -0.4 is 0 Å². The fourth-order valence-electron chi connectivity index (χ4n) is 3.30. The summed E-state index contributed by atoms with van der Waals surface area (Å²) in [5.41, 5.74) is 0.611. The van der Waals surface area contributed by atoms with Crippen molar-refractivity contribution >= 4 is 5.97 Å². The van der Waals surface area contributed by atoms with Crippen LogP contribution in [0.1, 0.15) is 39.0 Å². The molecule has 3 nitrogen and oxygen atoms in total. The van der Waals surface area contributed by atoms with E-state index in [2.05, 4.69) is 11.5 Å². The maximum Gasteiger partial charge on any atom is 0.334 e. The van der Waals surface area contributed by atoms with E-state index in [1.165, 1.54) is 32.1 Å². The summed E-state index contributed by atoms with van der Waals surface area (Å²) in [6.45, 7) is 7.94. The number of likely N-dealkylation sites (tertiary alicyclic amines) is 1. The normalized spacial score (nSPS) is 28.8. The monoisotopic (exact) mass is 237 g/mol. The first kappa shape index (κ1) is 12.6. The number of esters is 1. The Morgan fingerprint density at radius 2 is 2.12 bits per heavy atom. The van der Waals surface area contributed by atoms with Crippen molar-refractivity contribution in [3.05, 3.63) is 12.2 Å². The van der Waals surface area contributed by atoms with E-state index in [0.29, 0.717) is 24.8 Å². The van der Waals surface area contributed by atoms with E-state index < -0.39 is 0 Å². The third-order valence-corrected chi connectivity index (χ3v) is 4.07. The third-order valence-electron chi connectivity index (χ3n) is 4.07. The molecule has 0 amide bonds. The highest BCUT2D eigenvalue weighted by molar-refractivity contribution is 5.88. The molecule has 0 aromatic rings. The second-order valence-electron chi connectivity index (χ2n) is 5.20. The highest BCUT2D eigenvalue weighted by atomic mass is 16.5. The van der Waals surface area contributed by atoms with Gasteiger partial charge in [0.15, 0.2) is 0 Å². The van der Waals surface area contributed by atoms with Gasteiger partial charge in [0.2, 0.25) is 0 Å². The van der Waals surface area contributed by atoms with Gasteiger partial charge in [0.1, 0.15) is 0 Å². The topological polar surface area (TPSA) is 29.5 Å². The molecule has 1 aliphatic heterocycles.